The average Bonchev–Trinajstić information content (AvgIpc) is 1.86. The van der Waals surface area contributed by atoms with Gasteiger partial charge in [-0.05, 0) is 13.8 Å². The van der Waals surface area contributed by atoms with Crippen molar-refractivity contribution in [1.82, 2.24) is 0 Å². The zero-order valence-corrected chi connectivity index (χ0v) is 7.37. The second kappa shape index (κ2) is 3.27. The number of hydrogen-bond donors (Lipinski definition) is 1. The lowest BCUT2D eigenvalue weighted by Gasteiger charge is -2.17. The molecule has 0 aliphatic rings. The molecule has 0 saturated heterocycles. The highest BCUT2D eigenvalue weighted by molar-refractivity contribution is 7.80. The molecule has 3 radical (unpaired) electrons. The van der Waals surface area contributed by atoms with Gasteiger partial charge in [-0.1, -0.05) is 0 Å². The molecule has 51 valence electrons. The van der Waals surface area contributed by atoms with Gasteiger partial charge < -0.3 is 4.43 Å². The monoisotopic (exact) mass is 161 g/mol. The molecule has 0 aliphatic carbocycles. The van der Waals surface area contributed by atoms with Crippen LogP contribution in [0.25, 0.3) is 0 Å². The highest BCUT2D eigenvalue weighted by Crippen LogP contribution is 2.17. The summed E-state index contributed by atoms with van der Waals surface area (Å²) in [5, 5.41) is 0. The van der Waals surface area contributed by atoms with Gasteiger partial charge in [0, 0.05) is 5.75 Å². The van der Waals surface area contributed by atoms with Crippen molar-refractivity contribution < 1.29 is 9.22 Å². The zero-order chi connectivity index (χ0) is 7.49. The van der Waals surface area contributed by atoms with E-state index in [0.717, 1.165) is 0 Å². The van der Waals surface area contributed by atoms with Crippen molar-refractivity contribution in [3.8, 4) is 0 Å². The van der Waals surface area contributed by atoms with Crippen LogP contribution >= 0.6 is 12.6 Å². The van der Waals surface area contributed by atoms with Crippen LogP contribution in [0.5, 0.6) is 0 Å². The Morgan fingerprint density at radius 3 is 2.33 bits per heavy atom. The third-order valence-corrected chi connectivity index (χ3v) is 2.02. The summed E-state index contributed by atoms with van der Waals surface area (Å²) in [4.78, 5) is 10.7. The number of carbonyl (C=O) groups is 1. The first-order chi connectivity index (χ1) is 4.04. The molecule has 0 aromatic heterocycles. The summed E-state index contributed by atoms with van der Waals surface area (Å²) in [6.07, 6.45) is 0. The first kappa shape index (κ1) is 9.04. The third kappa shape index (κ3) is 2.40. The molecule has 0 aromatic carbocycles. The van der Waals surface area contributed by atoms with Gasteiger partial charge in [0.1, 0.15) is 0 Å². The highest BCUT2D eigenvalue weighted by atomic mass is 32.1. The SMILES string of the molecule is CC(C)(CS)C(=O)O[Si]. The van der Waals surface area contributed by atoms with Gasteiger partial charge in [0.05, 0.1) is 5.41 Å². The topological polar surface area (TPSA) is 26.3 Å². The van der Waals surface area contributed by atoms with Gasteiger partial charge in [0.15, 0.2) is 0 Å². The molecule has 0 spiro atoms. The molecule has 0 aliphatic heterocycles. The lowest BCUT2D eigenvalue weighted by atomic mass is 9.97. The van der Waals surface area contributed by atoms with Gasteiger partial charge in [-0.25, -0.2) is 0 Å². The first-order valence-electron chi connectivity index (χ1n) is 2.53. The van der Waals surface area contributed by atoms with Crippen LogP contribution in [-0.4, -0.2) is 22.2 Å². The van der Waals surface area contributed by atoms with Crippen LogP contribution in [0.1, 0.15) is 13.8 Å². The Morgan fingerprint density at radius 1 is 1.78 bits per heavy atom. The summed E-state index contributed by atoms with van der Waals surface area (Å²) in [7, 11) is 2.65. The molecule has 0 aromatic rings. The van der Waals surface area contributed by atoms with Gasteiger partial charge in [-0.2, -0.15) is 12.6 Å². The average molecular weight is 161 g/mol. The van der Waals surface area contributed by atoms with E-state index in [-0.39, 0.29) is 5.97 Å². The zero-order valence-electron chi connectivity index (χ0n) is 5.47. The molecule has 0 amide bonds. The Balaban J connectivity index is 3.97. The standard InChI is InChI=1S/C5H9O2SSi/c1-5(2,3-8)4(6)7-9/h8H,3H2,1-2H3. The van der Waals surface area contributed by atoms with Crippen molar-refractivity contribution in [2.45, 2.75) is 13.8 Å². The van der Waals surface area contributed by atoms with Crippen molar-refractivity contribution >= 4 is 29.1 Å². The summed E-state index contributed by atoms with van der Waals surface area (Å²) >= 11 is 3.97. The lowest BCUT2D eigenvalue weighted by Crippen LogP contribution is -2.27. The van der Waals surface area contributed by atoms with Crippen LogP contribution < -0.4 is 0 Å². The minimum Gasteiger partial charge on any atom is -0.516 e. The normalized spacial score (nSPS) is 11.1. The second-order valence-electron chi connectivity index (χ2n) is 2.43. The number of rotatable bonds is 2. The second-order valence-corrected chi connectivity index (χ2v) is 2.95. The molecule has 0 unspecified atom stereocenters. The van der Waals surface area contributed by atoms with Crippen molar-refractivity contribution in [2.24, 2.45) is 5.41 Å². The van der Waals surface area contributed by atoms with Crippen LogP contribution in [0.15, 0.2) is 0 Å². The molecule has 9 heavy (non-hydrogen) atoms. The summed E-state index contributed by atoms with van der Waals surface area (Å²) in [5.74, 6) is 0.185. The highest BCUT2D eigenvalue weighted by Gasteiger charge is 2.25. The molecule has 0 bridgehead atoms. The number of thiol groups is 1. The maximum Gasteiger partial charge on any atom is 0.345 e. The van der Waals surface area contributed by atoms with Crippen molar-refractivity contribution in [2.75, 3.05) is 5.75 Å². The molecule has 2 nitrogen and oxygen atoms in total. The Kier molecular flexibility index (Phi) is 3.28. The lowest BCUT2D eigenvalue weighted by molar-refractivity contribution is -0.142. The van der Waals surface area contributed by atoms with Gasteiger partial charge in [0.25, 0.3) is 5.97 Å². The van der Waals surface area contributed by atoms with E-state index in [2.05, 4.69) is 27.5 Å². The van der Waals surface area contributed by atoms with Crippen LogP contribution in [0.4, 0.5) is 0 Å². The van der Waals surface area contributed by atoms with Crippen LogP contribution in [0, 0.1) is 5.41 Å². The quantitative estimate of drug-likeness (QED) is 0.473. The molecule has 0 rings (SSSR count). The molecule has 0 saturated carbocycles. The molecular formula is C5H9O2SSi. The largest absolute Gasteiger partial charge is 0.516 e. The summed E-state index contributed by atoms with van der Waals surface area (Å²) in [6.45, 7) is 3.53. The third-order valence-electron chi connectivity index (χ3n) is 1.04. The van der Waals surface area contributed by atoms with E-state index in [1.165, 1.54) is 0 Å². The van der Waals surface area contributed by atoms with Crippen molar-refractivity contribution in [1.29, 1.82) is 0 Å². The van der Waals surface area contributed by atoms with Gasteiger partial charge >= 0.3 is 10.5 Å². The van der Waals surface area contributed by atoms with Crippen LogP contribution in [0.2, 0.25) is 0 Å². The van der Waals surface area contributed by atoms with E-state index in [4.69, 9.17) is 0 Å². The molecule has 0 atom stereocenters. The minimum atomic E-state index is -0.495. The predicted molar refractivity (Wildman–Crippen MR) is 39.5 cm³/mol. The predicted octanol–water partition coefficient (Wildman–Crippen LogP) is 0.569. The Bertz CT molecular complexity index is 114. The Hall–Kier alpha value is 0.0369. The van der Waals surface area contributed by atoms with Crippen LogP contribution in [0.3, 0.4) is 0 Å². The molecular weight excluding hydrogens is 152 g/mol. The van der Waals surface area contributed by atoms with Gasteiger partial charge in [0.2, 0.25) is 0 Å². The van der Waals surface area contributed by atoms with E-state index < -0.39 is 5.41 Å². The van der Waals surface area contributed by atoms with Crippen molar-refractivity contribution in [3.63, 3.8) is 0 Å². The molecule has 0 fully saturated rings. The Morgan fingerprint density at radius 2 is 2.22 bits per heavy atom. The van der Waals surface area contributed by atoms with E-state index in [0.29, 0.717) is 5.75 Å². The Labute approximate surface area is 63.9 Å². The minimum absolute atomic E-state index is 0.297. The maximum absolute atomic E-state index is 10.7. The summed E-state index contributed by atoms with van der Waals surface area (Å²) in [5.41, 5.74) is -0.495. The fourth-order valence-electron chi connectivity index (χ4n) is 0.203. The molecule has 0 N–H and O–H groups in total. The molecule has 0 heterocycles. The first-order valence-corrected chi connectivity index (χ1v) is 3.57. The smallest absolute Gasteiger partial charge is 0.345 e. The fourth-order valence-corrected chi connectivity index (χ4v) is 0.608. The van der Waals surface area contributed by atoms with E-state index >= 15 is 0 Å². The van der Waals surface area contributed by atoms with Gasteiger partial charge in [-0.15, -0.1) is 0 Å². The fraction of sp³-hybridized carbons (Fsp3) is 0.800. The van der Waals surface area contributed by atoms with E-state index in [1.807, 2.05) is 0 Å². The van der Waals surface area contributed by atoms with Crippen LogP contribution in [-0.2, 0) is 9.22 Å². The number of hydrogen-bond acceptors (Lipinski definition) is 3. The number of carbonyl (C=O) groups excluding carboxylic acids is 1. The van der Waals surface area contributed by atoms with Gasteiger partial charge in [-0.3, -0.25) is 4.79 Å². The maximum atomic E-state index is 10.7. The van der Waals surface area contributed by atoms with E-state index in [9.17, 15) is 4.79 Å². The van der Waals surface area contributed by atoms with E-state index in [1.54, 1.807) is 13.8 Å². The summed E-state index contributed by atoms with van der Waals surface area (Å²) < 4.78 is 4.32. The molecule has 4 heteroatoms. The van der Waals surface area contributed by atoms with Crippen molar-refractivity contribution in [3.05, 3.63) is 0 Å². The summed E-state index contributed by atoms with van der Waals surface area (Å²) in [6, 6.07) is 0.